The molecule has 0 aromatic rings. The normalized spacial score (nSPS) is 13.1. The summed E-state index contributed by atoms with van der Waals surface area (Å²) in [5.41, 5.74) is 5.32. The molecule has 0 saturated heterocycles. The molecule has 84 valence electrons. The number of hydrogen-bond acceptors (Lipinski definition) is 4. The maximum Gasteiger partial charge on any atom is 0.329 e. The molecule has 0 aliphatic heterocycles. The maximum atomic E-state index is 11.2. The summed E-state index contributed by atoms with van der Waals surface area (Å²) >= 11 is 1.84. The second kappa shape index (κ2) is 7.48. The van der Waals surface area contributed by atoms with Crippen LogP contribution in [0.1, 0.15) is 13.8 Å². The van der Waals surface area contributed by atoms with E-state index in [1.54, 1.807) is 0 Å². The van der Waals surface area contributed by atoms with E-state index in [9.17, 15) is 9.59 Å². The number of halogens is 1. The molecule has 0 rings (SSSR count). The van der Waals surface area contributed by atoms with Crippen LogP contribution in [0.3, 0.4) is 0 Å². The average molecular weight is 324 g/mol. The van der Waals surface area contributed by atoms with Crippen LogP contribution in [0.2, 0.25) is 0 Å². The number of amides is 1. The number of nitrogens with two attached hydrogens (primary N) is 1. The Labute approximate surface area is 102 Å². The Balaban J connectivity index is 3.97. The minimum absolute atomic E-state index is 0.0279. The molecular formula is C9H13IN2O3. The zero-order valence-electron chi connectivity index (χ0n) is 8.54. The first-order valence-corrected chi connectivity index (χ1v) is 5.38. The van der Waals surface area contributed by atoms with Gasteiger partial charge < -0.3 is 15.8 Å². The molecule has 0 aliphatic rings. The molecule has 6 heteroatoms. The lowest BCUT2D eigenvalue weighted by Gasteiger charge is -2.13. The molecule has 0 aromatic heterocycles. The molecule has 0 aliphatic carbocycles. The first kappa shape index (κ1) is 14.2. The summed E-state index contributed by atoms with van der Waals surface area (Å²) in [6, 6.07) is -1.35. The van der Waals surface area contributed by atoms with Gasteiger partial charge in [-0.3, -0.25) is 4.79 Å². The zero-order chi connectivity index (χ0) is 11.8. The number of nitrogens with one attached hydrogen (secondary N) is 1. The molecule has 1 amide bonds. The van der Waals surface area contributed by atoms with E-state index in [2.05, 4.69) is 15.2 Å². The third kappa shape index (κ3) is 6.30. The van der Waals surface area contributed by atoms with Crippen LogP contribution in [0.25, 0.3) is 0 Å². The van der Waals surface area contributed by atoms with E-state index < -0.39 is 18.1 Å². The van der Waals surface area contributed by atoms with Gasteiger partial charge in [0.2, 0.25) is 5.91 Å². The minimum atomic E-state index is -0.709. The molecule has 0 aromatic carbocycles. The van der Waals surface area contributed by atoms with Crippen LogP contribution in [0.5, 0.6) is 0 Å². The molecule has 15 heavy (non-hydrogen) atoms. The zero-order valence-corrected chi connectivity index (χ0v) is 10.7. The Morgan fingerprint density at radius 2 is 2.13 bits per heavy atom. The van der Waals surface area contributed by atoms with E-state index in [4.69, 9.17) is 10.5 Å². The monoisotopic (exact) mass is 324 g/mol. The second-order valence-corrected chi connectivity index (χ2v) is 3.44. The highest BCUT2D eigenvalue weighted by Crippen LogP contribution is 1.89. The van der Waals surface area contributed by atoms with Gasteiger partial charge in [0.1, 0.15) is 6.04 Å². The van der Waals surface area contributed by atoms with E-state index in [1.807, 2.05) is 22.6 Å². The van der Waals surface area contributed by atoms with Gasteiger partial charge in [0.05, 0.1) is 6.04 Å². The first-order valence-electron chi connectivity index (χ1n) is 4.30. The van der Waals surface area contributed by atoms with Crippen molar-refractivity contribution in [1.82, 2.24) is 5.32 Å². The third-order valence-corrected chi connectivity index (χ3v) is 1.86. The fourth-order valence-electron chi connectivity index (χ4n) is 0.663. The van der Waals surface area contributed by atoms with Crippen molar-refractivity contribution in [2.45, 2.75) is 25.9 Å². The molecule has 0 unspecified atom stereocenters. The topological polar surface area (TPSA) is 81.4 Å². The Kier molecular flexibility index (Phi) is 7.07. The molecule has 5 nitrogen and oxygen atoms in total. The summed E-state index contributed by atoms with van der Waals surface area (Å²) in [5.74, 6) is 1.65. The van der Waals surface area contributed by atoms with Gasteiger partial charge >= 0.3 is 5.97 Å². The predicted octanol–water partition coefficient (Wildman–Crippen LogP) is -0.223. The van der Waals surface area contributed by atoms with E-state index in [1.165, 1.54) is 13.8 Å². The van der Waals surface area contributed by atoms with Gasteiger partial charge in [-0.05, 0) is 17.8 Å². The fourth-order valence-corrected chi connectivity index (χ4v) is 0.819. The summed E-state index contributed by atoms with van der Waals surface area (Å²) < 4.78 is 7.31. The van der Waals surface area contributed by atoms with E-state index in [0.29, 0.717) is 0 Å². The lowest BCUT2D eigenvalue weighted by atomic mass is 10.3. The lowest BCUT2D eigenvalue weighted by Crippen LogP contribution is -2.46. The fraction of sp³-hybridized carbons (Fsp3) is 0.556. The van der Waals surface area contributed by atoms with Crippen molar-refractivity contribution in [2.24, 2.45) is 5.73 Å². The van der Waals surface area contributed by atoms with E-state index in [0.717, 1.165) is 0 Å². The van der Waals surface area contributed by atoms with Crippen LogP contribution >= 0.6 is 22.6 Å². The van der Waals surface area contributed by atoms with Crippen LogP contribution in [-0.2, 0) is 14.3 Å². The molecule has 0 bridgehead atoms. The van der Waals surface area contributed by atoms with Gasteiger partial charge in [-0.25, -0.2) is 4.79 Å². The maximum absolute atomic E-state index is 11.2. The van der Waals surface area contributed by atoms with Crippen molar-refractivity contribution in [3.63, 3.8) is 0 Å². The van der Waals surface area contributed by atoms with Crippen molar-refractivity contribution < 1.29 is 14.3 Å². The standard InChI is InChI=1S/C9H13IN2O3/c1-6(11)8(13)12-7(2)9(14)15-5-3-4-10/h6-7H,5,11H2,1-2H3,(H,12,13)/t6-,7-/m0/s1. The SMILES string of the molecule is C[C@H](N)C(=O)N[C@@H](C)C(=O)OCC#CI. The van der Waals surface area contributed by atoms with Crippen LogP contribution < -0.4 is 11.1 Å². The first-order chi connectivity index (χ1) is 6.99. The van der Waals surface area contributed by atoms with Crippen molar-refractivity contribution in [1.29, 1.82) is 0 Å². The molecule has 2 atom stereocenters. The summed E-state index contributed by atoms with van der Waals surface area (Å²) in [4.78, 5) is 22.3. The lowest BCUT2D eigenvalue weighted by molar-refractivity contribution is -0.146. The summed E-state index contributed by atoms with van der Waals surface area (Å²) in [6.07, 6.45) is 0. The molecule has 0 saturated carbocycles. The van der Waals surface area contributed by atoms with Crippen molar-refractivity contribution in [2.75, 3.05) is 6.61 Å². The van der Waals surface area contributed by atoms with Crippen LogP contribution in [0.15, 0.2) is 0 Å². The molecule has 0 heterocycles. The highest BCUT2D eigenvalue weighted by Gasteiger charge is 2.18. The molecule has 3 N–H and O–H groups in total. The Morgan fingerprint density at radius 1 is 1.53 bits per heavy atom. The van der Waals surface area contributed by atoms with Crippen LogP contribution in [0, 0.1) is 9.85 Å². The Hall–Kier alpha value is -0.810. The number of rotatable bonds is 4. The van der Waals surface area contributed by atoms with Crippen LogP contribution in [-0.4, -0.2) is 30.6 Å². The number of hydrogen-bond donors (Lipinski definition) is 2. The summed E-state index contributed by atoms with van der Waals surface area (Å²) in [7, 11) is 0. The predicted molar refractivity (Wildman–Crippen MR) is 64.0 cm³/mol. The second-order valence-electron chi connectivity index (χ2n) is 2.90. The average Bonchev–Trinajstić information content (AvgIpc) is 2.17. The molecule has 0 radical (unpaired) electrons. The van der Waals surface area contributed by atoms with Crippen LogP contribution in [0.4, 0.5) is 0 Å². The van der Waals surface area contributed by atoms with Gasteiger partial charge in [0, 0.05) is 22.6 Å². The highest BCUT2D eigenvalue weighted by molar-refractivity contribution is 14.1. The summed E-state index contributed by atoms with van der Waals surface area (Å²) in [5, 5.41) is 2.42. The minimum Gasteiger partial charge on any atom is -0.451 e. The van der Waals surface area contributed by atoms with Gasteiger partial charge in [0.25, 0.3) is 0 Å². The van der Waals surface area contributed by atoms with E-state index in [-0.39, 0.29) is 12.5 Å². The van der Waals surface area contributed by atoms with Gasteiger partial charge in [-0.2, -0.15) is 0 Å². The largest absolute Gasteiger partial charge is 0.451 e. The number of carbonyl (C=O) groups is 2. The Bertz CT molecular complexity index is 293. The summed E-state index contributed by atoms with van der Waals surface area (Å²) in [6.45, 7) is 3.09. The molecule has 0 spiro atoms. The van der Waals surface area contributed by atoms with Gasteiger partial charge in [0.15, 0.2) is 6.61 Å². The number of carbonyl (C=O) groups excluding carboxylic acids is 2. The van der Waals surface area contributed by atoms with Crippen molar-refractivity contribution in [3.05, 3.63) is 0 Å². The van der Waals surface area contributed by atoms with Gasteiger partial charge in [-0.1, -0.05) is 5.92 Å². The molecule has 0 fully saturated rings. The third-order valence-electron chi connectivity index (χ3n) is 1.48. The van der Waals surface area contributed by atoms with Gasteiger partial charge in [-0.15, -0.1) is 0 Å². The number of esters is 1. The Morgan fingerprint density at radius 3 is 2.60 bits per heavy atom. The van der Waals surface area contributed by atoms with Crippen molar-refractivity contribution in [3.8, 4) is 9.85 Å². The van der Waals surface area contributed by atoms with Crippen molar-refractivity contribution >= 4 is 34.5 Å². The van der Waals surface area contributed by atoms with E-state index >= 15 is 0 Å². The molecular weight excluding hydrogens is 311 g/mol. The highest BCUT2D eigenvalue weighted by atomic mass is 127. The smallest absolute Gasteiger partial charge is 0.329 e. The number of ether oxygens (including phenoxy) is 1. The quantitative estimate of drug-likeness (QED) is 0.426.